The molecule has 0 unspecified atom stereocenters. The normalized spacial score (nSPS) is 17.8. The minimum absolute atomic E-state index is 0.0187. The summed E-state index contributed by atoms with van der Waals surface area (Å²) in [4.78, 5) is 23.6. The molecule has 1 N–H and O–H groups in total. The first-order chi connectivity index (χ1) is 17.7. The quantitative estimate of drug-likeness (QED) is 0.389. The number of aromatic nitrogens is 1. The van der Waals surface area contributed by atoms with Crippen LogP contribution in [0.1, 0.15) is 25.7 Å². The van der Waals surface area contributed by atoms with Gasteiger partial charge < -0.3 is 15.1 Å². The fourth-order valence-corrected chi connectivity index (χ4v) is 5.62. The molecule has 3 heterocycles. The highest BCUT2D eigenvalue weighted by molar-refractivity contribution is 8.00. The molecule has 0 aliphatic carbocycles. The van der Waals surface area contributed by atoms with E-state index in [1.165, 1.54) is 12.1 Å². The number of hydrogen-bond donors (Lipinski definition) is 1. The van der Waals surface area contributed by atoms with E-state index in [1.54, 1.807) is 12.3 Å². The predicted molar refractivity (Wildman–Crippen MR) is 144 cm³/mol. The molecule has 1 aromatic heterocycles. The highest BCUT2D eigenvalue weighted by Gasteiger charge is 2.30. The van der Waals surface area contributed by atoms with Crippen molar-refractivity contribution in [2.24, 2.45) is 0 Å². The Balaban J connectivity index is 1.14. The monoisotopic (exact) mass is 575 g/mol. The lowest BCUT2D eigenvalue weighted by molar-refractivity contribution is -0.132. The summed E-state index contributed by atoms with van der Waals surface area (Å²) in [5.74, 6) is 1.10. The summed E-state index contributed by atoms with van der Waals surface area (Å²) >= 11 is 11.6. The fraction of sp³-hybridized carbons (Fsp3) is 0.520. The van der Waals surface area contributed by atoms with E-state index >= 15 is 0 Å². The Kier molecular flexibility index (Phi) is 9.72. The first kappa shape index (κ1) is 28.1. The average molecular weight is 577 g/mol. The lowest BCUT2D eigenvalue weighted by Gasteiger charge is -2.36. The van der Waals surface area contributed by atoms with E-state index in [2.05, 4.69) is 20.1 Å². The van der Waals surface area contributed by atoms with Gasteiger partial charge in [-0.1, -0.05) is 23.2 Å². The number of amides is 1. The zero-order chi connectivity index (χ0) is 26.4. The number of nitrogens with zero attached hydrogens (tertiary/aromatic N) is 4. The van der Waals surface area contributed by atoms with E-state index in [0.29, 0.717) is 30.2 Å². The lowest BCUT2D eigenvalue weighted by Crippen LogP contribution is -2.47. The van der Waals surface area contributed by atoms with E-state index in [-0.39, 0.29) is 33.6 Å². The largest absolute Gasteiger partial charge is 0.446 e. The maximum atomic E-state index is 12.8. The van der Waals surface area contributed by atoms with E-state index in [4.69, 9.17) is 23.2 Å². The second-order valence-electron chi connectivity index (χ2n) is 9.26. The number of hydrogen-bond acceptors (Lipinski definition) is 6. The van der Waals surface area contributed by atoms with Gasteiger partial charge >= 0.3 is 5.51 Å². The van der Waals surface area contributed by atoms with Gasteiger partial charge in [-0.15, -0.1) is 0 Å². The molecule has 0 atom stereocenters. The van der Waals surface area contributed by atoms with Crippen molar-refractivity contribution in [3.63, 3.8) is 0 Å². The van der Waals surface area contributed by atoms with Crippen LogP contribution < -0.4 is 10.2 Å². The van der Waals surface area contributed by atoms with Crippen molar-refractivity contribution in [3.05, 3.63) is 46.6 Å². The van der Waals surface area contributed by atoms with Gasteiger partial charge in [-0.2, -0.15) is 13.2 Å². The average Bonchev–Trinajstić information content (AvgIpc) is 2.86. The number of nitrogens with one attached hydrogen (secondary N) is 1. The molecule has 12 heteroatoms. The Morgan fingerprint density at radius 1 is 1.05 bits per heavy atom. The van der Waals surface area contributed by atoms with Crippen LogP contribution in [0.3, 0.4) is 0 Å². The fourth-order valence-electron chi connectivity index (χ4n) is 4.67. The molecule has 2 fully saturated rings. The van der Waals surface area contributed by atoms with Crippen LogP contribution in [0.5, 0.6) is 0 Å². The summed E-state index contributed by atoms with van der Waals surface area (Å²) in [6.07, 6.45) is 4.50. The summed E-state index contributed by atoms with van der Waals surface area (Å²) in [7, 11) is 0. The van der Waals surface area contributed by atoms with Crippen molar-refractivity contribution in [1.82, 2.24) is 14.8 Å². The molecule has 2 aromatic rings. The topological polar surface area (TPSA) is 51.7 Å². The van der Waals surface area contributed by atoms with Crippen LogP contribution in [0.15, 0.2) is 41.4 Å². The molecule has 1 amide bonds. The number of carbonyl (C=O) groups excluding carboxylic acids is 1. The number of carbonyl (C=O) groups is 1. The van der Waals surface area contributed by atoms with Crippen molar-refractivity contribution in [2.75, 3.05) is 56.0 Å². The molecule has 0 saturated carbocycles. The number of pyridine rings is 1. The molecule has 6 nitrogen and oxygen atoms in total. The maximum absolute atomic E-state index is 12.8. The van der Waals surface area contributed by atoms with Gasteiger partial charge in [0.15, 0.2) is 0 Å². The second kappa shape index (κ2) is 12.8. The number of halogens is 5. The molecule has 37 heavy (non-hydrogen) atoms. The second-order valence-corrected chi connectivity index (χ2v) is 11.2. The van der Waals surface area contributed by atoms with Gasteiger partial charge in [-0.25, -0.2) is 4.98 Å². The molecule has 4 rings (SSSR count). The molecule has 0 radical (unpaired) electrons. The van der Waals surface area contributed by atoms with Crippen LogP contribution >= 0.6 is 35.0 Å². The van der Waals surface area contributed by atoms with Gasteiger partial charge in [-0.05, 0) is 67.9 Å². The van der Waals surface area contributed by atoms with Crippen LogP contribution in [0, 0.1) is 0 Å². The Morgan fingerprint density at radius 2 is 1.78 bits per heavy atom. The molecular weight excluding hydrogens is 546 g/mol. The van der Waals surface area contributed by atoms with Gasteiger partial charge in [0.2, 0.25) is 5.91 Å². The number of anilines is 2. The van der Waals surface area contributed by atoms with E-state index in [9.17, 15) is 18.0 Å². The summed E-state index contributed by atoms with van der Waals surface area (Å²) < 4.78 is 38.3. The molecule has 0 spiro atoms. The van der Waals surface area contributed by atoms with Crippen LogP contribution in [0.2, 0.25) is 10.0 Å². The van der Waals surface area contributed by atoms with Crippen molar-refractivity contribution in [3.8, 4) is 0 Å². The van der Waals surface area contributed by atoms with Crippen molar-refractivity contribution in [2.45, 2.75) is 42.1 Å². The van der Waals surface area contributed by atoms with Crippen LogP contribution in [0.4, 0.5) is 24.7 Å². The number of thioether (sulfide) groups is 1. The van der Waals surface area contributed by atoms with E-state index in [1.807, 2.05) is 17.0 Å². The highest BCUT2D eigenvalue weighted by Crippen LogP contribution is 2.41. The standard InChI is InChI=1S/C25H30Cl2F3N5OS/c26-18-3-6-23(31-17-18)34-14-12-33(13-15-34)9-1-2-24(36)35-10-7-19(8-11-35)32-20-4-5-21(27)22(16-20)37-25(28,29)30/h3-6,16-17,19,32H,1-2,7-15H2. The van der Waals surface area contributed by atoms with E-state index < -0.39 is 5.51 Å². The minimum Gasteiger partial charge on any atom is -0.382 e. The Labute approximate surface area is 229 Å². The van der Waals surface area contributed by atoms with Gasteiger partial charge in [0.1, 0.15) is 5.82 Å². The highest BCUT2D eigenvalue weighted by atomic mass is 35.5. The first-order valence-electron chi connectivity index (χ1n) is 12.3. The van der Waals surface area contributed by atoms with Crippen molar-refractivity contribution >= 4 is 52.4 Å². The molecule has 0 bridgehead atoms. The number of alkyl halides is 3. The zero-order valence-electron chi connectivity index (χ0n) is 20.3. The Morgan fingerprint density at radius 3 is 2.43 bits per heavy atom. The van der Waals surface area contributed by atoms with E-state index in [0.717, 1.165) is 57.8 Å². The summed E-state index contributed by atoms with van der Waals surface area (Å²) in [6, 6.07) is 8.49. The lowest BCUT2D eigenvalue weighted by atomic mass is 10.0. The molecule has 202 valence electrons. The number of benzene rings is 1. The van der Waals surface area contributed by atoms with Crippen LogP contribution in [-0.2, 0) is 4.79 Å². The van der Waals surface area contributed by atoms with Gasteiger partial charge in [0, 0.05) is 68.5 Å². The number of piperidine rings is 1. The van der Waals surface area contributed by atoms with Crippen LogP contribution in [0.25, 0.3) is 0 Å². The zero-order valence-corrected chi connectivity index (χ0v) is 22.6. The number of likely N-dealkylation sites (tertiary alicyclic amines) is 1. The summed E-state index contributed by atoms with van der Waals surface area (Å²) in [6.45, 7) is 5.83. The molecule has 2 aliphatic rings. The minimum atomic E-state index is -4.39. The molecule has 2 aliphatic heterocycles. The summed E-state index contributed by atoms with van der Waals surface area (Å²) in [5, 5.41) is 4.01. The summed E-state index contributed by atoms with van der Waals surface area (Å²) in [5.41, 5.74) is -3.79. The Bertz CT molecular complexity index is 1040. The SMILES string of the molecule is O=C(CCCN1CCN(c2ccc(Cl)cn2)CC1)N1CCC(Nc2ccc(Cl)c(SC(F)(F)F)c2)CC1. The third kappa shape index (κ3) is 8.56. The third-order valence-electron chi connectivity index (χ3n) is 6.65. The predicted octanol–water partition coefficient (Wildman–Crippen LogP) is 6.01. The number of rotatable bonds is 8. The molecular formula is C25H30Cl2F3N5OS. The van der Waals surface area contributed by atoms with Gasteiger partial charge in [0.25, 0.3) is 0 Å². The smallest absolute Gasteiger partial charge is 0.382 e. The van der Waals surface area contributed by atoms with Crippen molar-refractivity contribution < 1.29 is 18.0 Å². The molecule has 2 saturated heterocycles. The van der Waals surface area contributed by atoms with Gasteiger partial charge in [0.05, 0.1) is 10.0 Å². The van der Waals surface area contributed by atoms with Gasteiger partial charge in [-0.3, -0.25) is 9.69 Å². The first-order valence-corrected chi connectivity index (χ1v) is 13.9. The van der Waals surface area contributed by atoms with Crippen LogP contribution in [-0.4, -0.2) is 78.1 Å². The third-order valence-corrected chi connectivity index (χ3v) is 8.10. The molecule has 1 aromatic carbocycles. The number of piperazine rings is 1. The van der Waals surface area contributed by atoms with Crippen molar-refractivity contribution in [1.29, 1.82) is 0 Å². The Hall–Kier alpha value is -1.88. The maximum Gasteiger partial charge on any atom is 0.446 e.